The molecule has 0 aliphatic carbocycles. The number of hydrogen-bond acceptors (Lipinski definition) is 4. The van der Waals surface area contributed by atoms with Gasteiger partial charge in [0.2, 0.25) is 0 Å². The summed E-state index contributed by atoms with van der Waals surface area (Å²) in [7, 11) is 0. The fraction of sp³-hybridized carbons (Fsp3) is 0.900. The van der Waals surface area contributed by atoms with Crippen molar-refractivity contribution in [2.75, 3.05) is 0 Å². The van der Waals surface area contributed by atoms with Gasteiger partial charge in [-0.15, -0.1) is 0 Å². The zero-order chi connectivity index (χ0) is 19.2. The first kappa shape index (κ1) is 21.8. The fourth-order valence-corrected chi connectivity index (χ4v) is 3.26. The molecule has 1 N–H and O–H groups in total. The van der Waals surface area contributed by atoms with E-state index >= 15 is 0 Å². The number of carbonyl (C=O) groups excluding carboxylic acids is 2. The van der Waals surface area contributed by atoms with Crippen LogP contribution in [-0.4, -0.2) is 29.8 Å². The molecule has 1 rings (SSSR count). The number of amides is 1. The van der Waals surface area contributed by atoms with Crippen LogP contribution in [0.1, 0.15) is 80.6 Å². The van der Waals surface area contributed by atoms with Crippen LogP contribution in [0.4, 0.5) is 4.79 Å². The molecule has 1 heterocycles. The number of hydrogen-bond donors (Lipinski definition) is 1. The van der Waals surface area contributed by atoms with E-state index in [1.165, 1.54) is 6.42 Å². The third-order valence-electron chi connectivity index (χ3n) is 4.94. The Hall–Kier alpha value is -1.26. The molecule has 5 heteroatoms. The summed E-state index contributed by atoms with van der Waals surface area (Å²) in [5.41, 5.74) is -0.587. The normalized spacial score (nSPS) is 28.6. The van der Waals surface area contributed by atoms with Crippen molar-refractivity contribution in [1.29, 1.82) is 0 Å². The number of cyclic esters (lactones) is 1. The summed E-state index contributed by atoms with van der Waals surface area (Å²) in [6.07, 6.45) is 4.18. The summed E-state index contributed by atoms with van der Waals surface area (Å²) in [6.45, 7) is 14.0. The Morgan fingerprint density at radius 3 is 2.48 bits per heavy atom. The minimum Gasteiger partial charge on any atom is -0.461 e. The lowest BCUT2D eigenvalue weighted by Gasteiger charge is -2.28. The SMILES string of the molecule is CC(C)CC[C@H]1CCC[C@H](NC(=O)OC(C)(C)C)C(=O)O[C@@H](C)[C@@H]1C. The maximum atomic E-state index is 12.5. The summed E-state index contributed by atoms with van der Waals surface area (Å²) < 4.78 is 10.9. The summed E-state index contributed by atoms with van der Waals surface area (Å²) in [4.78, 5) is 24.5. The van der Waals surface area contributed by atoms with E-state index in [0.29, 0.717) is 24.2 Å². The topological polar surface area (TPSA) is 64.6 Å². The summed E-state index contributed by atoms with van der Waals surface area (Å²) >= 11 is 0. The van der Waals surface area contributed by atoms with E-state index in [2.05, 4.69) is 26.1 Å². The van der Waals surface area contributed by atoms with Gasteiger partial charge in [-0.05, 0) is 64.7 Å². The van der Waals surface area contributed by atoms with E-state index < -0.39 is 17.7 Å². The third kappa shape index (κ3) is 8.10. The monoisotopic (exact) mass is 355 g/mol. The van der Waals surface area contributed by atoms with Crippen molar-refractivity contribution in [3.63, 3.8) is 0 Å². The predicted molar refractivity (Wildman–Crippen MR) is 99.3 cm³/mol. The van der Waals surface area contributed by atoms with Gasteiger partial charge in [-0.3, -0.25) is 0 Å². The van der Waals surface area contributed by atoms with Crippen LogP contribution in [0, 0.1) is 17.8 Å². The van der Waals surface area contributed by atoms with Crippen molar-refractivity contribution in [3.8, 4) is 0 Å². The van der Waals surface area contributed by atoms with E-state index in [9.17, 15) is 9.59 Å². The van der Waals surface area contributed by atoms with Crippen molar-refractivity contribution in [1.82, 2.24) is 5.32 Å². The highest BCUT2D eigenvalue weighted by atomic mass is 16.6. The predicted octanol–water partition coefficient (Wildman–Crippen LogP) is 4.68. The summed E-state index contributed by atoms with van der Waals surface area (Å²) in [6, 6.07) is -0.631. The van der Waals surface area contributed by atoms with Crippen molar-refractivity contribution in [2.24, 2.45) is 17.8 Å². The maximum Gasteiger partial charge on any atom is 0.408 e. The lowest BCUT2D eigenvalue weighted by molar-refractivity contribution is -0.153. The number of rotatable bonds is 4. The van der Waals surface area contributed by atoms with Crippen LogP contribution >= 0.6 is 0 Å². The Bertz CT molecular complexity index is 441. The quantitative estimate of drug-likeness (QED) is 0.743. The van der Waals surface area contributed by atoms with E-state index in [0.717, 1.165) is 19.3 Å². The van der Waals surface area contributed by atoms with Gasteiger partial charge < -0.3 is 14.8 Å². The minimum atomic E-state index is -0.631. The molecule has 0 radical (unpaired) electrons. The molecule has 1 amide bonds. The summed E-state index contributed by atoms with van der Waals surface area (Å²) in [5, 5.41) is 2.69. The molecule has 1 saturated heterocycles. The minimum absolute atomic E-state index is 0.148. The van der Waals surface area contributed by atoms with Crippen LogP contribution in [0.25, 0.3) is 0 Å². The Kier molecular flexibility index (Phi) is 8.23. The number of nitrogens with one attached hydrogen (secondary N) is 1. The molecule has 0 unspecified atom stereocenters. The van der Waals surface area contributed by atoms with Gasteiger partial charge in [0.15, 0.2) is 0 Å². The molecule has 1 fully saturated rings. The first-order valence-electron chi connectivity index (χ1n) is 9.69. The molecule has 4 atom stereocenters. The zero-order valence-electron chi connectivity index (χ0n) is 17.1. The molecule has 0 aromatic carbocycles. The summed E-state index contributed by atoms with van der Waals surface area (Å²) in [5.74, 6) is 1.20. The van der Waals surface area contributed by atoms with Gasteiger partial charge in [0.1, 0.15) is 17.7 Å². The van der Waals surface area contributed by atoms with Crippen LogP contribution in [0.2, 0.25) is 0 Å². The highest BCUT2D eigenvalue weighted by molar-refractivity contribution is 5.81. The molecule has 0 aromatic rings. The second-order valence-corrected chi connectivity index (χ2v) is 8.86. The average Bonchev–Trinajstić information content (AvgIpc) is 2.49. The van der Waals surface area contributed by atoms with Crippen LogP contribution in [0.3, 0.4) is 0 Å². The lowest BCUT2D eigenvalue weighted by Crippen LogP contribution is -2.45. The maximum absolute atomic E-state index is 12.5. The Labute approximate surface area is 153 Å². The number of ether oxygens (including phenoxy) is 2. The van der Waals surface area contributed by atoms with Gasteiger partial charge in [-0.1, -0.05) is 33.6 Å². The van der Waals surface area contributed by atoms with E-state index in [1.54, 1.807) is 20.8 Å². The van der Waals surface area contributed by atoms with Crippen molar-refractivity contribution in [3.05, 3.63) is 0 Å². The van der Waals surface area contributed by atoms with Crippen LogP contribution in [-0.2, 0) is 14.3 Å². The molecule has 5 nitrogen and oxygen atoms in total. The van der Waals surface area contributed by atoms with Crippen molar-refractivity contribution < 1.29 is 19.1 Å². The smallest absolute Gasteiger partial charge is 0.408 e. The molecule has 1 aliphatic heterocycles. The van der Waals surface area contributed by atoms with Gasteiger partial charge in [0, 0.05) is 0 Å². The molecular weight excluding hydrogens is 318 g/mol. The number of esters is 1. The third-order valence-corrected chi connectivity index (χ3v) is 4.94. The lowest BCUT2D eigenvalue weighted by atomic mass is 9.81. The van der Waals surface area contributed by atoms with Crippen LogP contribution in [0.5, 0.6) is 0 Å². The highest BCUT2D eigenvalue weighted by Crippen LogP contribution is 2.31. The highest BCUT2D eigenvalue weighted by Gasteiger charge is 2.32. The number of carbonyl (C=O) groups is 2. The van der Waals surface area contributed by atoms with Crippen LogP contribution in [0.15, 0.2) is 0 Å². The van der Waals surface area contributed by atoms with Gasteiger partial charge in [-0.2, -0.15) is 0 Å². The Balaban J connectivity index is 2.72. The molecular formula is C20H37NO4. The standard InChI is InChI=1S/C20H37NO4/c1-13(2)11-12-16-9-8-10-17(18(22)24-15(4)14(16)3)21-19(23)25-20(5,6)7/h13-17H,8-12H2,1-7H3,(H,21,23)/t14-,15-,16+,17-/m0/s1. The molecule has 0 saturated carbocycles. The molecule has 146 valence electrons. The second kappa shape index (κ2) is 9.44. The largest absolute Gasteiger partial charge is 0.461 e. The first-order valence-corrected chi connectivity index (χ1v) is 9.69. The van der Waals surface area contributed by atoms with Gasteiger partial charge in [-0.25, -0.2) is 9.59 Å². The van der Waals surface area contributed by atoms with Gasteiger partial charge in [0.05, 0.1) is 0 Å². The first-order chi connectivity index (χ1) is 11.5. The van der Waals surface area contributed by atoms with Crippen molar-refractivity contribution in [2.45, 2.75) is 98.3 Å². The molecule has 0 bridgehead atoms. The average molecular weight is 356 g/mol. The Morgan fingerprint density at radius 2 is 1.92 bits per heavy atom. The van der Waals surface area contributed by atoms with E-state index in [-0.39, 0.29) is 12.1 Å². The van der Waals surface area contributed by atoms with Gasteiger partial charge in [0.25, 0.3) is 0 Å². The zero-order valence-corrected chi connectivity index (χ0v) is 17.1. The van der Waals surface area contributed by atoms with Crippen molar-refractivity contribution >= 4 is 12.1 Å². The Morgan fingerprint density at radius 1 is 1.28 bits per heavy atom. The molecule has 0 spiro atoms. The van der Waals surface area contributed by atoms with Gasteiger partial charge >= 0.3 is 12.1 Å². The van der Waals surface area contributed by atoms with Crippen LogP contribution < -0.4 is 5.32 Å². The molecule has 1 aliphatic rings. The molecule has 25 heavy (non-hydrogen) atoms. The molecule has 0 aromatic heterocycles. The van der Waals surface area contributed by atoms with E-state index in [1.807, 2.05) is 6.92 Å². The fourth-order valence-electron chi connectivity index (χ4n) is 3.26. The second-order valence-electron chi connectivity index (χ2n) is 8.86. The van der Waals surface area contributed by atoms with E-state index in [4.69, 9.17) is 9.47 Å². The number of alkyl carbamates (subject to hydrolysis) is 1.